The molecule has 8 heteroatoms. The van der Waals surface area contributed by atoms with Gasteiger partial charge in [0.1, 0.15) is 11.2 Å². The molecule has 2 atom stereocenters. The molecule has 0 radical (unpaired) electrons. The van der Waals surface area contributed by atoms with E-state index in [9.17, 15) is 14.7 Å². The van der Waals surface area contributed by atoms with Crippen LogP contribution < -0.4 is 16.2 Å². The molecule has 0 spiro atoms. The van der Waals surface area contributed by atoms with E-state index in [-0.39, 0.29) is 23.9 Å². The second-order valence-corrected chi connectivity index (χ2v) is 5.61. The van der Waals surface area contributed by atoms with E-state index in [1.807, 2.05) is 6.92 Å². The van der Waals surface area contributed by atoms with Crippen molar-refractivity contribution in [3.8, 4) is 0 Å². The van der Waals surface area contributed by atoms with Crippen LogP contribution in [0.3, 0.4) is 0 Å². The molecule has 23 heavy (non-hydrogen) atoms. The lowest BCUT2D eigenvalue weighted by molar-refractivity contribution is 0.0925. The fourth-order valence-electron chi connectivity index (χ4n) is 2.58. The van der Waals surface area contributed by atoms with Gasteiger partial charge in [-0.2, -0.15) is 0 Å². The van der Waals surface area contributed by atoms with Crippen LogP contribution in [0.4, 0.5) is 0 Å². The van der Waals surface area contributed by atoms with Crippen LogP contribution in [0.2, 0.25) is 0 Å². The number of hydrogen-bond acceptors (Lipinski definition) is 5. The maximum atomic E-state index is 12.3. The standard InChI is InChI=1S/C15H18N4O3.ClH/c1-9-2-3-19-13(4-9)17-7-11(15(19)22)14(21)18-6-10-5-16-8-12(10)20;/h2-4,7,10,12,16,20H,5-6,8H2,1H3,(H,18,21);1H. The van der Waals surface area contributed by atoms with Gasteiger partial charge in [-0.3, -0.25) is 14.0 Å². The lowest BCUT2D eigenvalue weighted by Gasteiger charge is -2.14. The van der Waals surface area contributed by atoms with Gasteiger partial charge in [0, 0.05) is 37.9 Å². The van der Waals surface area contributed by atoms with Crippen molar-refractivity contribution in [3.63, 3.8) is 0 Å². The molecule has 3 N–H and O–H groups in total. The first-order valence-electron chi connectivity index (χ1n) is 7.21. The summed E-state index contributed by atoms with van der Waals surface area (Å²) < 4.78 is 1.36. The second kappa shape index (κ2) is 7.08. The van der Waals surface area contributed by atoms with Crippen molar-refractivity contribution in [2.45, 2.75) is 13.0 Å². The largest absolute Gasteiger partial charge is 0.391 e. The van der Waals surface area contributed by atoms with E-state index in [1.54, 1.807) is 18.3 Å². The summed E-state index contributed by atoms with van der Waals surface area (Å²) in [5.41, 5.74) is 1.11. The Morgan fingerprint density at radius 2 is 2.30 bits per heavy atom. The number of pyridine rings is 1. The molecule has 124 valence electrons. The number of rotatable bonds is 3. The number of aromatic nitrogens is 2. The van der Waals surface area contributed by atoms with Crippen LogP contribution in [-0.4, -0.2) is 46.1 Å². The Morgan fingerprint density at radius 3 is 3.00 bits per heavy atom. The molecular formula is C15H19ClN4O3. The highest BCUT2D eigenvalue weighted by atomic mass is 35.5. The molecule has 2 aromatic rings. The smallest absolute Gasteiger partial charge is 0.270 e. The highest BCUT2D eigenvalue weighted by Crippen LogP contribution is 2.07. The van der Waals surface area contributed by atoms with Crippen LogP contribution in [0.15, 0.2) is 29.3 Å². The van der Waals surface area contributed by atoms with Crippen molar-refractivity contribution < 1.29 is 9.90 Å². The molecule has 3 heterocycles. The number of halogens is 1. The quantitative estimate of drug-likeness (QED) is 0.716. The molecule has 0 aromatic carbocycles. The number of amides is 1. The fourth-order valence-corrected chi connectivity index (χ4v) is 2.58. The van der Waals surface area contributed by atoms with Gasteiger partial charge in [-0.25, -0.2) is 4.98 Å². The monoisotopic (exact) mass is 338 g/mol. The van der Waals surface area contributed by atoms with Crippen molar-refractivity contribution in [1.29, 1.82) is 0 Å². The normalized spacial score (nSPS) is 20.3. The summed E-state index contributed by atoms with van der Waals surface area (Å²) in [6, 6.07) is 3.57. The van der Waals surface area contributed by atoms with Gasteiger partial charge in [0.05, 0.1) is 6.10 Å². The van der Waals surface area contributed by atoms with Gasteiger partial charge < -0.3 is 15.7 Å². The first kappa shape index (κ1) is 17.4. The summed E-state index contributed by atoms with van der Waals surface area (Å²) in [6.07, 6.45) is 2.44. The number of aliphatic hydroxyl groups excluding tert-OH is 1. The Morgan fingerprint density at radius 1 is 1.52 bits per heavy atom. The summed E-state index contributed by atoms with van der Waals surface area (Å²) in [4.78, 5) is 28.7. The topological polar surface area (TPSA) is 95.7 Å². The lowest BCUT2D eigenvalue weighted by atomic mass is 10.1. The van der Waals surface area contributed by atoms with E-state index in [0.717, 1.165) is 5.56 Å². The molecule has 0 bridgehead atoms. The van der Waals surface area contributed by atoms with Crippen LogP contribution in [0.1, 0.15) is 15.9 Å². The van der Waals surface area contributed by atoms with Gasteiger partial charge in [0.25, 0.3) is 11.5 Å². The Balaban J connectivity index is 0.00000192. The van der Waals surface area contributed by atoms with Crippen molar-refractivity contribution in [1.82, 2.24) is 20.0 Å². The number of fused-ring (bicyclic) bond motifs is 1. The van der Waals surface area contributed by atoms with Crippen molar-refractivity contribution in [3.05, 3.63) is 46.0 Å². The van der Waals surface area contributed by atoms with Crippen molar-refractivity contribution in [2.75, 3.05) is 19.6 Å². The van der Waals surface area contributed by atoms with E-state index in [4.69, 9.17) is 0 Å². The van der Waals surface area contributed by atoms with Gasteiger partial charge in [-0.1, -0.05) is 0 Å². The summed E-state index contributed by atoms with van der Waals surface area (Å²) in [5.74, 6) is -0.505. The molecular weight excluding hydrogens is 320 g/mol. The third-order valence-electron chi connectivity index (χ3n) is 3.94. The number of nitrogens with one attached hydrogen (secondary N) is 2. The Hall–Kier alpha value is -1.96. The molecule has 1 fully saturated rings. The van der Waals surface area contributed by atoms with E-state index in [1.165, 1.54) is 10.6 Å². The molecule has 2 unspecified atom stereocenters. The Bertz CT molecular complexity index is 777. The number of carbonyl (C=O) groups is 1. The maximum absolute atomic E-state index is 12.3. The number of aryl methyl sites for hydroxylation is 1. The van der Waals surface area contributed by atoms with E-state index < -0.39 is 17.6 Å². The minimum absolute atomic E-state index is 0. The van der Waals surface area contributed by atoms with Crippen LogP contribution in [0.5, 0.6) is 0 Å². The minimum Gasteiger partial charge on any atom is -0.391 e. The van der Waals surface area contributed by atoms with Crippen LogP contribution >= 0.6 is 12.4 Å². The van der Waals surface area contributed by atoms with Crippen LogP contribution in [0, 0.1) is 12.8 Å². The molecule has 1 amide bonds. The molecule has 3 rings (SSSR count). The predicted molar refractivity (Wildman–Crippen MR) is 88.1 cm³/mol. The zero-order valence-corrected chi connectivity index (χ0v) is 13.5. The fraction of sp³-hybridized carbons (Fsp3) is 0.400. The lowest BCUT2D eigenvalue weighted by Crippen LogP contribution is -2.37. The highest BCUT2D eigenvalue weighted by Gasteiger charge is 2.25. The third kappa shape index (κ3) is 3.52. The average Bonchev–Trinajstić information content (AvgIpc) is 2.90. The van der Waals surface area contributed by atoms with E-state index in [2.05, 4.69) is 15.6 Å². The number of nitrogens with zero attached hydrogens (tertiary/aromatic N) is 2. The van der Waals surface area contributed by atoms with Gasteiger partial charge in [0.15, 0.2) is 0 Å². The van der Waals surface area contributed by atoms with E-state index in [0.29, 0.717) is 25.3 Å². The van der Waals surface area contributed by atoms with Gasteiger partial charge in [-0.05, 0) is 24.6 Å². The van der Waals surface area contributed by atoms with E-state index >= 15 is 0 Å². The molecule has 0 aliphatic carbocycles. The first-order chi connectivity index (χ1) is 10.6. The number of carbonyl (C=O) groups excluding carboxylic acids is 1. The van der Waals surface area contributed by atoms with Crippen molar-refractivity contribution in [2.24, 2.45) is 5.92 Å². The maximum Gasteiger partial charge on any atom is 0.270 e. The zero-order chi connectivity index (χ0) is 15.7. The number of β-amino-alcohol motifs (C(OH)–C–C–N with tert-alkyl or cyclic N) is 1. The minimum atomic E-state index is -0.473. The second-order valence-electron chi connectivity index (χ2n) is 5.61. The summed E-state index contributed by atoms with van der Waals surface area (Å²) >= 11 is 0. The first-order valence-corrected chi connectivity index (χ1v) is 7.21. The molecule has 7 nitrogen and oxygen atoms in total. The molecule has 1 aliphatic rings. The summed E-state index contributed by atoms with van der Waals surface area (Å²) in [7, 11) is 0. The van der Waals surface area contributed by atoms with Gasteiger partial charge >= 0.3 is 0 Å². The highest BCUT2D eigenvalue weighted by molar-refractivity contribution is 5.93. The van der Waals surface area contributed by atoms with Gasteiger partial charge in [-0.15, -0.1) is 12.4 Å². The number of aliphatic hydroxyl groups is 1. The number of hydrogen-bond donors (Lipinski definition) is 3. The molecule has 1 aliphatic heterocycles. The summed E-state index contributed by atoms with van der Waals surface area (Å²) in [5, 5.41) is 15.4. The molecule has 2 aromatic heterocycles. The SMILES string of the molecule is Cc1ccn2c(=O)c(C(=O)NCC3CNCC3O)cnc2c1.Cl. The molecule has 1 saturated heterocycles. The zero-order valence-electron chi connectivity index (χ0n) is 12.7. The Kier molecular flexibility index (Phi) is 5.35. The van der Waals surface area contributed by atoms with Crippen LogP contribution in [0.25, 0.3) is 5.65 Å². The predicted octanol–water partition coefficient (Wildman–Crippen LogP) is -0.265. The van der Waals surface area contributed by atoms with Crippen LogP contribution in [-0.2, 0) is 0 Å². The summed E-state index contributed by atoms with van der Waals surface area (Å²) in [6.45, 7) is 3.41. The third-order valence-corrected chi connectivity index (χ3v) is 3.94. The Labute approximate surface area is 139 Å². The average molecular weight is 339 g/mol. The molecule has 0 saturated carbocycles. The van der Waals surface area contributed by atoms with Gasteiger partial charge in [0.2, 0.25) is 0 Å². The van der Waals surface area contributed by atoms with Crippen molar-refractivity contribution >= 4 is 24.0 Å².